The molecule has 0 N–H and O–H groups in total. The molecule has 0 aromatic heterocycles. The number of aliphatic imine (C=N–C) groups is 1. The summed E-state index contributed by atoms with van der Waals surface area (Å²) in [6.07, 6.45) is 3.94. The van der Waals surface area contributed by atoms with Crippen molar-refractivity contribution in [1.82, 2.24) is 4.90 Å². The highest BCUT2D eigenvalue weighted by atomic mass is 16.5. The molecule has 1 aliphatic heterocycles. The minimum absolute atomic E-state index is 0.346. The largest absolute Gasteiger partial charge is 0.466 e. The lowest BCUT2D eigenvalue weighted by Crippen LogP contribution is -2.23. The lowest BCUT2D eigenvalue weighted by molar-refractivity contribution is -0.134. The minimum Gasteiger partial charge on any atom is -0.466 e. The van der Waals surface area contributed by atoms with Crippen LogP contribution in [-0.2, 0) is 16.0 Å². The van der Waals surface area contributed by atoms with E-state index in [2.05, 4.69) is 21.9 Å². The van der Waals surface area contributed by atoms with Crippen LogP contribution in [0.2, 0.25) is 0 Å². The van der Waals surface area contributed by atoms with Crippen molar-refractivity contribution < 1.29 is 9.53 Å². The summed E-state index contributed by atoms with van der Waals surface area (Å²) in [6.45, 7) is 1.59. The number of carbonyl (C=O) groups is 1. The Labute approximate surface area is 107 Å². The van der Waals surface area contributed by atoms with E-state index < -0.39 is 0 Å². The van der Waals surface area contributed by atoms with Crippen molar-refractivity contribution in [2.45, 2.75) is 6.42 Å². The van der Waals surface area contributed by atoms with E-state index in [4.69, 9.17) is 0 Å². The van der Waals surface area contributed by atoms with Gasteiger partial charge in [0, 0.05) is 25.2 Å². The topological polar surface area (TPSA) is 41.9 Å². The average Bonchev–Trinajstić information content (AvgIpc) is 2.84. The minimum atomic E-state index is -0.346. The standard InChI is InChI=1S/C14H16N2O2/c1-18-14(17)7-9-16-10-8-15-13(16)11-12-5-3-2-4-6-12/h2-7,9H,8,10-11H2,1H3/b9-7-. The molecule has 0 atom stereocenters. The summed E-state index contributed by atoms with van der Waals surface area (Å²) in [4.78, 5) is 17.5. The molecule has 0 saturated carbocycles. The second-order valence-electron chi connectivity index (χ2n) is 3.99. The Morgan fingerprint density at radius 3 is 2.94 bits per heavy atom. The number of nitrogens with zero attached hydrogens (tertiary/aromatic N) is 2. The van der Waals surface area contributed by atoms with E-state index in [9.17, 15) is 4.79 Å². The number of amidine groups is 1. The Morgan fingerprint density at radius 2 is 2.22 bits per heavy atom. The molecule has 0 aliphatic carbocycles. The van der Waals surface area contributed by atoms with E-state index in [0.29, 0.717) is 0 Å². The maximum Gasteiger partial charge on any atom is 0.331 e. The molecule has 1 heterocycles. The third kappa shape index (κ3) is 3.20. The van der Waals surface area contributed by atoms with Crippen LogP contribution in [0.15, 0.2) is 47.6 Å². The molecule has 0 saturated heterocycles. The van der Waals surface area contributed by atoms with Crippen LogP contribution in [0.5, 0.6) is 0 Å². The third-order valence-electron chi connectivity index (χ3n) is 2.76. The normalized spacial score (nSPS) is 14.9. The van der Waals surface area contributed by atoms with Crippen LogP contribution < -0.4 is 0 Å². The van der Waals surface area contributed by atoms with Gasteiger partial charge in [0.25, 0.3) is 0 Å². The van der Waals surface area contributed by atoms with E-state index in [-0.39, 0.29) is 5.97 Å². The van der Waals surface area contributed by atoms with Crippen LogP contribution in [0.25, 0.3) is 0 Å². The van der Waals surface area contributed by atoms with E-state index in [1.165, 1.54) is 18.7 Å². The monoisotopic (exact) mass is 244 g/mol. The van der Waals surface area contributed by atoms with Crippen LogP contribution in [0, 0.1) is 0 Å². The molecule has 0 amide bonds. The zero-order valence-corrected chi connectivity index (χ0v) is 10.4. The SMILES string of the molecule is COC(=O)/C=C\N1CCN=C1Cc1ccccc1. The molecule has 0 bridgehead atoms. The Hall–Kier alpha value is -2.10. The van der Waals surface area contributed by atoms with Crippen molar-refractivity contribution in [2.75, 3.05) is 20.2 Å². The van der Waals surface area contributed by atoms with Crippen LogP contribution in [0.3, 0.4) is 0 Å². The lowest BCUT2D eigenvalue weighted by atomic mass is 10.1. The van der Waals surface area contributed by atoms with Crippen LogP contribution >= 0.6 is 0 Å². The Bertz CT molecular complexity index is 466. The third-order valence-corrected chi connectivity index (χ3v) is 2.76. The van der Waals surface area contributed by atoms with Crippen molar-refractivity contribution in [1.29, 1.82) is 0 Å². The molecular formula is C14H16N2O2. The quantitative estimate of drug-likeness (QED) is 0.597. The van der Waals surface area contributed by atoms with Gasteiger partial charge < -0.3 is 9.64 Å². The van der Waals surface area contributed by atoms with Crippen molar-refractivity contribution in [3.63, 3.8) is 0 Å². The first-order chi connectivity index (χ1) is 8.79. The summed E-state index contributed by atoms with van der Waals surface area (Å²) < 4.78 is 4.57. The predicted octanol–water partition coefficient (Wildman–Crippen LogP) is 1.63. The molecule has 0 unspecified atom stereocenters. The van der Waals surface area contributed by atoms with Gasteiger partial charge in [-0.3, -0.25) is 4.99 Å². The van der Waals surface area contributed by atoms with Crippen molar-refractivity contribution >= 4 is 11.8 Å². The number of hydrogen-bond acceptors (Lipinski definition) is 4. The highest BCUT2D eigenvalue weighted by molar-refractivity contribution is 5.88. The summed E-state index contributed by atoms with van der Waals surface area (Å²) in [6, 6.07) is 10.2. The number of rotatable bonds is 4. The second kappa shape index (κ2) is 6.00. The first-order valence-corrected chi connectivity index (χ1v) is 5.89. The molecule has 2 rings (SSSR count). The van der Waals surface area contributed by atoms with Gasteiger partial charge in [0.05, 0.1) is 13.7 Å². The van der Waals surface area contributed by atoms with E-state index in [0.717, 1.165) is 25.3 Å². The average molecular weight is 244 g/mol. The molecule has 1 aliphatic rings. The molecule has 18 heavy (non-hydrogen) atoms. The summed E-state index contributed by atoms with van der Waals surface area (Å²) in [7, 11) is 1.37. The zero-order chi connectivity index (χ0) is 12.8. The summed E-state index contributed by atoms with van der Waals surface area (Å²) >= 11 is 0. The van der Waals surface area contributed by atoms with Gasteiger partial charge >= 0.3 is 5.97 Å². The highest BCUT2D eigenvalue weighted by Crippen LogP contribution is 2.09. The van der Waals surface area contributed by atoms with Crippen LogP contribution in [0.1, 0.15) is 5.56 Å². The van der Waals surface area contributed by atoms with Gasteiger partial charge in [0.2, 0.25) is 0 Å². The Balaban J connectivity index is 2.00. The number of ether oxygens (including phenoxy) is 1. The number of esters is 1. The first kappa shape index (κ1) is 12.4. The van der Waals surface area contributed by atoms with Crippen molar-refractivity contribution in [3.05, 3.63) is 48.2 Å². The number of carbonyl (C=O) groups excluding carboxylic acids is 1. The molecule has 1 aromatic carbocycles. The molecule has 4 heteroatoms. The molecule has 0 fully saturated rings. The highest BCUT2D eigenvalue weighted by Gasteiger charge is 2.14. The van der Waals surface area contributed by atoms with Gasteiger partial charge in [-0.25, -0.2) is 4.79 Å². The second-order valence-corrected chi connectivity index (χ2v) is 3.99. The Morgan fingerprint density at radius 1 is 1.44 bits per heavy atom. The van der Waals surface area contributed by atoms with Crippen molar-refractivity contribution in [2.24, 2.45) is 4.99 Å². The van der Waals surface area contributed by atoms with Gasteiger partial charge in [-0.1, -0.05) is 30.3 Å². The Kier molecular flexibility index (Phi) is 4.12. The molecule has 4 nitrogen and oxygen atoms in total. The zero-order valence-electron chi connectivity index (χ0n) is 10.4. The van der Waals surface area contributed by atoms with Crippen molar-refractivity contribution in [3.8, 4) is 0 Å². The molecule has 0 radical (unpaired) electrons. The first-order valence-electron chi connectivity index (χ1n) is 5.89. The molecule has 94 valence electrons. The van der Waals surface area contributed by atoms with Gasteiger partial charge in [-0.05, 0) is 5.56 Å². The number of methoxy groups -OCH3 is 1. The fourth-order valence-electron chi connectivity index (χ4n) is 1.82. The lowest BCUT2D eigenvalue weighted by Gasteiger charge is -2.15. The molecule has 0 spiro atoms. The van der Waals surface area contributed by atoms with E-state index in [1.807, 2.05) is 23.1 Å². The molecule has 1 aromatic rings. The number of hydrogen-bond donors (Lipinski definition) is 0. The fraction of sp³-hybridized carbons (Fsp3) is 0.286. The maximum atomic E-state index is 11.1. The summed E-state index contributed by atoms with van der Waals surface area (Å²) in [5.41, 5.74) is 1.22. The van der Waals surface area contributed by atoms with Crippen LogP contribution in [-0.4, -0.2) is 36.9 Å². The summed E-state index contributed by atoms with van der Waals surface area (Å²) in [5, 5.41) is 0. The summed E-state index contributed by atoms with van der Waals surface area (Å²) in [5.74, 6) is 0.641. The van der Waals surface area contributed by atoms with Gasteiger partial charge in [0.1, 0.15) is 5.84 Å². The maximum absolute atomic E-state index is 11.1. The van der Waals surface area contributed by atoms with Gasteiger partial charge in [-0.15, -0.1) is 0 Å². The predicted molar refractivity (Wildman–Crippen MR) is 70.3 cm³/mol. The molecular weight excluding hydrogens is 228 g/mol. The number of benzene rings is 1. The van der Waals surface area contributed by atoms with Crippen LogP contribution in [0.4, 0.5) is 0 Å². The fourth-order valence-corrected chi connectivity index (χ4v) is 1.82. The van der Waals surface area contributed by atoms with Gasteiger partial charge in [-0.2, -0.15) is 0 Å². The van der Waals surface area contributed by atoms with E-state index in [1.54, 1.807) is 6.20 Å². The van der Waals surface area contributed by atoms with E-state index >= 15 is 0 Å². The van der Waals surface area contributed by atoms with Gasteiger partial charge in [0.15, 0.2) is 0 Å². The smallest absolute Gasteiger partial charge is 0.331 e.